The SMILES string of the molecule is ClCCCCN1CCN(c2nccs2)CC1. The van der Waals surface area contributed by atoms with E-state index in [0.717, 1.165) is 38.5 Å². The number of alkyl halides is 1. The number of halogens is 1. The number of hydrogen-bond acceptors (Lipinski definition) is 4. The summed E-state index contributed by atoms with van der Waals surface area (Å²) in [7, 11) is 0. The zero-order chi connectivity index (χ0) is 11.2. The topological polar surface area (TPSA) is 19.4 Å². The minimum atomic E-state index is 0.791. The van der Waals surface area contributed by atoms with Crippen molar-refractivity contribution in [3.8, 4) is 0 Å². The highest BCUT2D eigenvalue weighted by molar-refractivity contribution is 7.13. The molecule has 2 rings (SSSR count). The molecule has 1 aromatic rings. The van der Waals surface area contributed by atoms with Crippen molar-refractivity contribution >= 4 is 28.1 Å². The first kappa shape index (κ1) is 12.1. The van der Waals surface area contributed by atoms with Gasteiger partial charge < -0.3 is 4.90 Å². The van der Waals surface area contributed by atoms with Gasteiger partial charge in [0.1, 0.15) is 0 Å². The van der Waals surface area contributed by atoms with Crippen molar-refractivity contribution in [1.29, 1.82) is 0 Å². The molecule has 0 radical (unpaired) electrons. The van der Waals surface area contributed by atoms with Gasteiger partial charge in [-0.05, 0) is 19.4 Å². The molecule has 16 heavy (non-hydrogen) atoms. The van der Waals surface area contributed by atoms with E-state index in [0.29, 0.717) is 0 Å². The predicted molar refractivity (Wildman–Crippen MR) is 70.7 cm³/mol. The quantitative estimate of drug-likeness (QED) is 0.598. The minimum Gasteiger partial charge on any atom is -0.346 e. The normalized spacial score (nSPS) is 17.9. The van der Waals surface area contributed by atoms with Crippen molar-refractivity contribution in [2.24, 2.45) is 0 Å². The van der Waals surface area contributed by atoms with Gasteiger partial charge in [0.05, 0.1) is 0 Å². The first-order valence-corrected chi connectivity index (χ1v) is 7.24. The first-order valence-electron chi connectivity index (χ1n) is 5.83. The van der Waals surface area contributed by atoms with Crippen LogP contribution in [-0.4, -0.2) is 48.5 Å². The standard InChI is InChI=1S/C11H18ClN3S/c12-3-1-2-5-14-6-8-15(9-7-14)11-13-4-10-16-11/h4,10H,1-3,5-9H2. The minimum absolute atomic E-state index is 0.791. The van der Waals surface area contributed by atoms with E-state index in [1.807, 2.05) is 11.6 Å². The number of anilines is 1. The van der Waals surface area contributed by atoms with Gasteiger partial charge in [-0.25, -0.2) is 4.98 Å². The number of hydrogen-bond donors (Lipinski definition) is 0. The van der Waals surface area contributed by atoms with E-state index < -0.39 is 0 Å². The Labute approximate surface area is 106 Å². The van der Waals surface area contributed by atoms with Crippen LogP contribution in [0.25, 0.3) is 0 Å². The highest BCUT2D eigenvalue weighted by atomic mass is 35.5. The summed E-state index contributed by atoms with van der Waals surface area (Å²) in [4.78, 5) is 9.25. The summed E-state index contributed by atoms with van der Waals surface area (Å²) in [6.45, 7) is 5.71. The van der Waals surface area contributed by atoms with E-state index in [2.05, 4.69) is 14.8 Å². The molecule has 90 valence electrons. The third kappa shape index (κ3) is 3.34. The molecule has 0 amide bonds. The van der Waals surface area contributed by atoms with E-state index in [-0.39, 0.29) is 0 Å². The van der Waals surface area contributed by atoms with Gasteiger partial charge in [-0.2, -0.15) is 0 Å². The van der Waals surface area contributed by atoms with Gasteiger partial charge in [0.2, 0.25) is 0 Å². The highest BCUT2D eigenvalue weighted by Crippen LogP contribution is 2.18. The molecule has 0 saturated carbocycles. The summed E-state index contributed by atoms with van der Waals surface area (Å²) in [6.07, 6.45) is 4.24. The lowest BCUT2D eigenvalue weighted by molar-refractivity contribution is 0.254. The number of thiazole rings is 1. The molecule has 1 aliphatic heterocycles. The largest absolute Gasteiger partial charge is 0.346 e. The Bertz CT molecular complexity index is 283. The maximum Gasteiger partial charge on any atom is 0.185 e. The number of rotatable bonds is 5. The lowest BCUT2D eigenvalue weighted by atomic mass is 10.2. The second-order valence-electron chi connectivity index (χ2n) is 4.04. The maximum absolute atomic E-state index is 5.68. The van der Waals surface area contributed by atoms with E-state index in [9.17, 15) is 0 Å². The average Bonchev–Trinajstić information content (AvgIpc) is 2.84. The van der Waals surface area contributed by atoms with Crippen LogP contribution in [0.5, 0.6) is 0 Å². The van der Waals surface area contributed by atoms with Crippen molar-refractivity contribution in [1.82, 2.24) is 9.88 Å². The molecule has 0 bridgehead atoms. The average molecular weight is 260 g/mol. The Morgan fingerprint density at radius 1 is 1.25 bits per heavy atom. The molecular weight excluding hydrogens is 242 g/mol. The fraction of sp³-hybridized carbons (Fsp3) is 0.727. The molecular formula is C11H18ClN3S. The smallest absolute Gasteiger partial charge is 0.185 e. The number of piperazine rings is 1. The molecule has 1 saturated heterocycles. The first-order chi connectivity index (χ1) is 7.90. The summed E-state index contributed by atoms with van der Waals surface area (Å²) in [5.74, 6) is 0.791. The lowest BCUT2D eigenvalue weighted by Gasteiger charge is -2.34. The van der Waals surface area contributed by atoms with Gasteiger partial charge in [0.25, 0.3) is 0 Å². The molecule has 1 aromatic heterocycles. The second kappa shape index (κ2) is 6.42. The second-order valence-corrected chi connectivity index (χ2v) is 5.29. The Balaban J connectivity index is 1.70. The van der Waals surface area contributed by atoms with Gasteiger partial charge >= 0.3 is 0 Å². The summed E-state index contributed by atoms with van der Waals surface area (Å²) in [5, 5.41) is 3.21. The van der Waals surface area contributed by atoms with Gasteiger partial charge in [-0.15, -0.1) is 22.9 Å². The fourth-order valence-electron chi connectivity index (χ4n) is 1.96. The predicted octanol–water partition coefficient (Wildman–Crippen LogP) is 2.28. The molecule has 0 aromatic carbocycles. The summed E-state index contributed by atoms with van der Waals surface area (Å²) in [5.41, 5.74) is 0. The van der Waals surface area contributed by atoms with Crippen LogP contribution in [0.2, 0.25) is 0 Å². The fourth-order valence-corrected chi connectivity index (χ4v) is 2.85. The van der Waals surface area contributed by atoms with Crippen LogP contribution in [0, 0.1) is 0 Å². The summed E-state index contributed by atoms with van der Waals surface area (Å²) < 4.78 is 0. The molecule has 1 aliphatic rings. The third-order valence-electron chi connectivity index (χ3n) is 2.92. The van der Waals surface area contributed by atoms with Gasteiger partial charge in [-0.1, -0.05) is 0 Å². The Hall–Kier alpha value is -0.320. The van der Waals surface area contributed by atoms with Crippen molar-refractivity contribution in [2.45, 2.75) is 12.8 Å². The molecule has 2 heterocycles. The molecule has 5 heteroatoms. The molecule has 0 spiro atoms. The van der Waals surface area contributed by atoms with Crippen LogP contribution in [0.1, 0.15) is 12.8 Å². The third-order valence-corrected chi connectivity index (χ3v) is 4.02. The van der Waals surface area contributed by atoms with Crippen LogP contribution in [0.3, 0.4) is 0 Å². The zero-order valence-electron chi connectivity index (χ0n) is 9.44. The van der Waals surface area contributed by atoms with Crippen LogP contribution < -0.4 is 4.90 Å². The van der Waals surface area contributed by atoms with Crippen molar-refractivity contribution in [2.75, 3.05) is 43.5 Å². The summed E-state index contributed by atoms with van der Waals surface area (Å²) in [6, 6.07) is 0. The molecule has 0 unspecified atom stereocenters. The molecule has 0 N–H and O–H groups in total. The molecule has 1 fully saturated rings. The number of aromatic nitrogens is 1. The molecule has 3 nitrogen and oxygen atoms in total. The van der Waals surface area contributed by atoms with Gasteiger partial charge in [0, 0.05) is 43.6 Å². The van der Waals surface area contributed by atoms with Gasteiger partial charge in [0.15, 0.2) is 5.13 Å². The van der Waals surface area contributed by atoms with Gasteiger partial charge in [-0.3, -0.25) is 4.90 Å². The number of unbranched alkanes of at least 4 members (excludes halogenated alkanes) is 1. The van der Waals surface area contributed by atoms with Crippen LogP contribution in [0.4, 0.5) is 5.13 Å². The van der Waals surface area contributed by atoms with Crippen LogP contribution in [0.15, 0.2) is 11.6 Å². The lowest BCUT2D eigenvalue weighted by Crippen LogP contribution is -2.46. The molecule has 0 atom stereocenters. The zero-order valence-corrected chi connectivity index (χ0v) is 11.0. The number of nitrogens with zero attached hydrogens (tertiary/aromatic N) is 3. The van der Waals surface area contributed by atoms with Crippen molar-refractivity contribution < 1.29 is 0 Å². The van der Waals surface area contributed by atoms with E-state index >= 15 is 0 Å². The Morgan fingerprint density at radius 2 is 2.06 bits per heavy atom. The molecule has 0 aliphatic carbocycles. The van der Waals surface area contributed by atoms with Crippen LogP contribution in [-0.2, 0) is 0 Å². The van der Waals surface area contributed by atoms with E-state index in [1.165, 1.54) is 18.1 Å². The van der Waals surface area contributed by atoms with Crippen molar-refractivity contribution in [3.05, 3.63) is 11.6 Å². The Morgan fingerprint density at radius 3 is 2.69 bits per heavy atom. The van der Waals surface area contributed by atoms with E-state index in [1.54, 1.807) is 11.3 Å². The van der Waals surface area contributed by atoms with Crippen LogP contribution >= 0.6 is 22.9 Å². The van der Waals surface area contributed by atoms with E-state index in [4.69, 9.17) is 11.6 Å². The maximum atomic E-state index is 5.68. The Kier molecular flexibility index (Phi) is 4.88. The van der Waals surface area contributed by atoms with Crippen molar-refractivity contribution in [3.63, 3.8) is 0 Å². The monoisotopic (exact) mass is 259 g/mol. The summed E-state index contributed by atoms with van der Waals surface area (Å²) >= 11 is 7.41. The highest BCUT2D eigenvalue weighted by Gasteiger charge is 2.17.